The van der Waals surface area contributed by atoms with Gasteiger partial charge in [0.05, 0.1) is 19.8 Å². The summed E-state index contributed by atoms with van der Waals surface area (Å²) < 4.78 is 0. The minimum atomic E-state index is -0.970. The van der Waals surface area contributed by atoms with Gasteiger partial charge in [-0.25, -0.2) is 0 Å². The molecule has 0 fully saturated rings. The van der Waals surface area contributed by atoms with Gasteiger partial charge in [-0.3, -0.25) is 0 Å². The third-order valence-electron chi connectivity index (χ3n) is 2.90. The molecule has 0 saturated heterocycles. The van der Waals surface area contributed by atoms with Crippen LogP contribution in [0.4, 0.5) is 0 Å². The summed E-state index contributed by atoms with van der Waals surface area (Å²) in [5.41, 5.74) is 14.3. The molecular weight excluding hydrogens is 436 g/mol. The molecule has 0 aromatic rings. The van der Waals surface area contributed by atoms with Crippen molar-refractivity contribution in [1.82, 2.24) is 0 Å². The Morgan fingerprint density at radius 3 is 0.862 bits per heavy atom. The Morgan fingerprint density at radius 1 is 0.552 bits per heavy atom. The number of carbonyl (C=O) groups is 2. The summed E-state index contributed by atoms with van der Waals surface area (Å²) in [6.07, 6.45) is 7.88. The zero-order valence-electron chi connectivity index (χ0n) is 17.7. The normalized spacial score (nSPS) is 8.76. The molecule has 172 valence electrons. The molecule has 0 radical (unpaired) electrons. The number of carboxylic acid groups (broad SMARTS) is 2. The minimum Gasteiger partial charge on any atom is -0.550 e. The quantitative estimate of drug-likeness (QED) is 0.112. The van der Waals surface area contributed by atoms with Crippen molar-refractivity contribution in [2.75, 3.05) is 39.5 Å². The van der Waals surface area contributed by atoms with E-state index in [-0.39, 0.29) is 52.1 Å². The number of nitrogens with two attached hydrogens (primary N) is 3. The molecule has 0 bridgehead atoms. The number of carboxylic acids is 2. The predicted molar refractivity (Wildman–Crippen MR) is 105 cm³/mol. The van der Waals surface area contributed by atoms with Gasteiger partial charge in [0.2, 0.25) is 0 Å². The van der Waals surface area contributed by atoms with Crippen molar-refractivity contribution in [3.8, 4) is 0 Å². The van der Waals surface area contributed by atoms with E-state index in [2.05, 4.69) is 0 Å². The van der Waals surface area contributed by atoms with Gasteiger partial charge in [-0.05, 0) is 25.7 Å². The van der Waals surface area contributed by atoms with Gasteiger partial charge in [-0.1, -0.05) is 38.5 Å². The largest absolute Gasteiger partial charge is 2.00 e. The number of unbranched alkanes of at least 4 members (excludes halogenated alkanes) is 7. The smallest absolute Gasteiger partial charge is 0.550 e. The maximum Gasteiger partial charge on any atom is 2.00 e. The molecule has 0 spiro atoms. The molecule has 9 N–H and O–H groups in total. The SMILES string of the molecule is NCCO.NCCO.NCCO.O=C([O-])CCCCCCCCCCC(=O)[O-].[Zn+2]. The van der Waals surface area contributed by atoms with Crippen LogP contribution < -0.4 is 27.4 Å². The molecule has 0 aliphatic rings. The average Bonchev–Trinajstić information content (AvgIpc) is 2.69. The van der Waals surface area contributed by atoms with Gasteiger partial charge >= 0.3 is 19.5 Å². The Hall–Kier alpha value is -0.677. The van der Waals surface area contributed by atoms with Crippen molar-refractivity contribution in [3.05, 3.63) is 0 Å². The van der Waals surface area contributed by atoms with Crippen LogP contribution in [0.3, 0.4) is 0 Å². The van der Waals surface area contributed by atoms with E-state index < -0.39 is 11.9 Å². The molecule has 29 heavy (non-hydrogen) atoms. The maximum atomic E-state index is 10.1. The Balaban J connectivity index is -0.000000121. The van der Waals surface area contributed by atoms with Crippen LogP contribution in [-0.4, -0.2) is 66.7 Å². The van der Waals surface area contributed by atoms with E-state index in [1.807, 2.05) is 0 Å². The van der Waals surface area contributed by atoms with E-state index >= 15 is 0 Å². The van der Waals surface area contributed by atoms with E-state index in [0.29, 0.717) is 32.5 Å². The summed E-state index contributed by atoms with van der Waals surface area (Å²) in [7, 11) is 0. The Bertz CT molecular complexity index is 265. The van der Waals surface area contributed by atoms with Crippen molar-refractivity contribution in [2.24, 2.45) is 17.2 Å². The van der Waals surface area contributed by atoms with Crippen LogP contribution in [0.2, 0.25) is 0 Å². The van der Waals surface area contributed by atoms with Gasteiger partial charge in [-0.2, -0.15) is 0 Å². The molecule has 0 heterocycles. The molecule has 0 atom stereocenters. The molecule has 0 saturated carbocycles. The van der Waals surface area contributed by atoms with E-state index in [4.69, 9.17) is 32.5 Å². The van der Waals surface area contributed by atoms with Crippen LogP contribution in [0.1, 0.15) is 64.2 Å². The third-order valence-corrected chi connectivity index (χ3v) is 2.90. The first-order chi connectivity index (χ1) is 13.4. The van der Waals surface area contributed by atoms with Crippen LogP contribution in [0.25, 0.3) is 0 Å². The summed E-state index contributed by atoms with van der Waals surface area (Å²) in [5, 5.41) is 43.4. The molecule has 11 heteroatoms. The van der Waals surface area contributed by atoms with E-state index in [0.717, 1.165) is 38.5 Å². The topological polar surface area (TPSA) is 219 Å². The van der Waals surface area contributed by atoms with Crippen LogP contribution in [0.5, 0.6) is 0 Å². The number of hydrogen-bond donors (Lipinski definition) is 6. The van der Waals surface area contributed by atoms with E-state index in [9.17, 15) is 19.8 Å². The third kappa shape index (κ3) is 74.6. The fourth-order valence-electron chi connectivity index (χ4n) is 1.60. The second-order valence-corrected chi connectivity index (χ2v) is 5.61. The molecule has 0 aromatic carbocycles. The second-order valence-electron chi connectivity index (χ2n) is 5.61. The van der Waals surface area contributed by atoms with Gasteiger partial charge in [0, 0.05) is 31.6 Å². The van der Waals surface area contributed by atoms with Crippen molar-refractivity contribution < 1.29 is 54.6 Å². The number of hydrogen-bond acceptors (Lipinski definition) is 10. The number of aliphatic carboxylic acids is 2. The molecule has 0 aromatic heterocycles. The number of rotatable bonds is 14. The average molecular weight is 477 g/mol. The molecule has 0 aliphatic heterocycles. The van der Waals surface area contributed by atoms with Crippen LogP contribution in [-0.2, 0) is 29.1 Å². The molecule has 0 unspecified atom stereocenters. The monoisotopic (exact) mass is 475 g/mol. The summed E-state index contributed by atoms with van der Waals surface area (Å²) >= 11 is 0. The minimum absolute atomic E-state index is 0. The number of aliphatic hydroxyl groups is 3. The van der Waals surface area contributed by atoms with Crippen LogP contribution in [0.15, 0.2) is 0 Å². The molecule has 0 amide bonds. The number of carbonyl (C=O) groups excluding carboxylic acids is 2. The molecule has 0 aliphatic carbocycles. The first kappa shape index (κ1) is 38.9. The zero-order chi connectivity index (χ0) is 22.5. The van der Waals surface area contributed by atoms with Crippen LogP contribution >= 0.6 is 0 Å². The number of aliphatic hydroxyl groups excluding tert-OH is 3. The van der Waals surface area contributed by atoms with E-state index in [1.54, 1.807) is 0 Å². The summed E-state index contributed by atoms with van der Waals surface area (Å²) in [4.78, 5) is 20.2. The van der Waals surface area contributed by atoms with Crippen molar-refractivity contribution in [1.29, 1.82) is 0 Å². The van der Waals surface area contributed by atoms with Crippen molar-refractivity contribution in [2.45, 2.75) is 64.2 Å². The zero-order valence-corrected chi connectivity index (χ0v) is 20.7. The summed E-state index contributed by atoms with van der Waals surface area (Å²) in [6, 6.07) is 0. The van der Waals surface area contributed by atoms with Crippen molar-refractivity contribution >= 4 is 11.9 Å². The Labute approximate surface area is 187 Å². The second kappa shape index (κ2) is 41.6. The van der Waals surface area contributed by atoms with Crippen LogP contribution in [0, 0.1) is 0 Å². The fourth-order valence-corrected chi connectivity index (χ4v) is 1.60. The Morgan fingerprint density at radius 2 is 0.724 bits per heavy atom. The van der Waals surface area contributed by atoms with Gasteiger partial charge in [0.15, 0.2) is 0 Å². The summed E-state index contributed by atoms with van der Waals surface area (Å²) in [6.45, 7) is 1.42. The molecular formula is C18H41N3O7Zn. The molecule has 10 nitrogen and oxygen atoms in total. The van der Waals surface area contributed by atoms with Gasteiger partial charge in [0.1, 0.15) is 0 Å². The first-order valence-electron chi connectivity index (χ1n) is 9.70. The fraction of sp³-hybridized carbons (Fsp3) is 0.889. The first-order valence-corrected chi connectivity index (χ1v) is 9.70. The van der Waals surface area contributed by atoms with Gasteiger partial charge in [0.25, 0.3) is 0 Å². The maximum absolute atomic E-state index is 10.1. The van der Waals surface area contributed by atoms with E-state index in [1.165, 1.54) is 0 Å². The molecule has 0 rings (SSSR count). The summed E-state index contributed by atoms with van der Waals surface area (Å²) in [5.74, 6) is -1.94. The van der Waals surface area contributed by atoms with Gasteiger partial charge in [-0.15, -0.1) is 0 Å². The van der Waals surface area contributed by atoms with Crippen molar-refractivity contribution in [3.63, 3.8) is 0 Å². The Kier molecular flexibility index (Phi) is 55.8. The predicted octanol–water partition coefficient (Wildman–Crippen LogP) is -2.80. The standard InChI is InChI=1S/C12H22O4.3C2H7NO.Zn/c13-11(14)9-7-5-3-1-2-4-6-8-10-12(15)16;3*3-1-2-4;/h1-10H2,(H,13,14)(H,15,16);3*4H,1-3H2;/q;;;;+2/p-2. The van der Waals surface area contributed by atoms with Gasteiger partial charge < -0.3 is 52.3 Å².